The van der Waals surface area contributed by atoms with Gasteiger partial charge in [0.05, 0.1) is 5.39 Å². The number of rotatable bonds is 3. The first-order valence-electron chi connectivity index (χ1n) is 7.23. The van der Waals surface area contributed by atoms with Gasteiger partial charge >= 0.3 is 0 Å². The van der Waals surface area contributed by atoms with Crippen molar-refractivity contribution in [1.29, 1.82) is 0 Å². The maximum absolute atomic E-state index is 14.4. The molecule has 0 spiro atoms. The highest BCUT2D eigenvalue weighted by Crippen LogP contribution is 2.32. The van der Waals surface area contributed by atoms with Crippen molar-refractivity contribution in [1.82, 2.24) is 4.57 Å². The third-order valence-electron chi connectivity index (χ3n) is 3.68. The molecule has 0 fully saturated rings. The van der Waals surface area contributed by atoms with E-state index in [1.807, 2.05) is 6.92 Å². The molecule has 0 radical (unpaired) electrons. The zero-order valence-corrected chi connectivity index (χ0v) is 13.6. The zero-order chi connectivity index (χ0) is 16.6. The maximum atomic E-state index is 14.4. The van der Waals surface area contributed by atoms with E-state index in [9.17, 15) is 13.6 Å². The topological polar surface area (TPSA) is 22.0 Å². The Morgan fingerprint density at radius 3 is 2.57 bits per heavy atom. The first-order chi connectivity index (χ1) is 11.0. The second kappa shape index (κ2) is 6.16. The van der Waals surface area contributed by atoms with Gasteiger partial charge in [0.2, 0.25) is 0 Å². The molecule has 5 heteroatoms. The molecule has 1 aromatic heterocycles. The molecule has 0 saturated heterocycles. The zero-order valence-electron chi connectivity index (χ0n) is 12.8. The van der Waals surface area contributed by atoms with Gasteiger partial charge < -0.3 is 4.57 Å². The number of hydrogen-bond acceptors (Lipinski definition) is 2. The maximum Gasteiger partial charge on any atom is 0.258 e. The molecule has 0 aliphatic rings. The van der Waals surface area contributed by atoms with Crippen LogP contribution < -0.4 is 5.56 Å². The van der Waals surface area contributed by atoms with Crippen LogP contribution in [0.5, 0.6) is 0 Å². The molecule has 2 aromatic carbocycles. The highest BCUT2D eigenvalue weighted by Gasteiger charge is 2.14. The minimum Gasteiger partial charge on any atom is -0.317 e. The molecule has 3 rings (SSSR count). The summed E-state index contributed by atoms with van der Waals surface area (Å²) in [6.45, 7) is 2.03. The van der Waals surface area contributed by atoms with E-state index < -0.39 is 5.82 Å². The highest BCUT2D eigenvalue weighted by molar-refractivity contribution is 7.99. The molecule has 0 bridgehead atoms. The number of benzene rings is 2. The first kappa shape index (κ1) is 15.7. The van der Waals surface area contributed by atoms with E-state index in [0.29, 0.717) is 16.5 Å². The molecular formula is C18H15F2NOS. The number of thioether (sulfide) groups is 1. The molecule has 0 aliphatic carbocycles. The smallest absolute Gasteiger partial charge is 0.258 e. The molecule has 1 heterocycles. The van der Waals surface area contributed by atoms with Gasteiger partial charge in [0, 0.05) is 29.3 Å². The molecule has 0 amide bonds. The van der Waals surface area contributed by atoms with Crippen molar-refractivity contribution in [3.05, 3.63) is 64.6 Å². The monoisotopic (exact) mass is 331 g/mol. The molecule has 0 unspecified atom stereocenters. The van der Waals surface area contributed by atoms with Gasteiger partial charge in [-0.2, -0.15) is 0 Å². The fourth-order valence-corrected chi connectivity index (χ4v) is 3.32. The summed E-state index contributed by atoms with van der Waals surface area (Å²) in [5.41, 5.74) is 0.691. The molecule has 0 atom stereocenters. The SMILES string of the molecule is CCSc1ccc(F)c(-c2cn(C)c(=O)c3cc(F)ccc23)c1. The number of pyridine rings is 1. The van der Waals surface area contributed by atoms with Gasteiger partial charge in [0.15, 0.2) is 0 Å². The van der Waals surface area contributed by atoms with Crippen LogP contribution in [0.2, 0.25) is 0 Å². The molecule has 3 aromatic rings. The van der Waals surface area contributed by atoms with Crippen LogP contribution in [-0.2, 0) is 7.05 Å². The number of halogens is 2. The Kier molecular flexibility index (Phi) is 4.22. The van der Waals surface area contributed by atoms with E-state index in [-0.39, 0.29) is 16.8 Å². The van der Waals surface area contributed by atoms with Crippen LogP contribution in [0.25, 0.3) is 21.9 Å². The number of aryl methyl sites for hydroxylation is 1. The quantitative estimate of drug-likeness (QED) is 0.655. The summed E-state index contributed by atoms with van der Waals surface area (Å²) in [6, 6.07) is 8.94. The van der Waals surface area contributed by atoms with E-state index in [1.54, 1.807) is 37.1 Å². The van der Waals surface area contributed by atoms with Crippen LogP contribution in [0.1, 0.15) is 6.92 Å². The molecule has 0 aliphatic heterocycles. The van der Waals surface area contributed by atoms with E-state index in [4.69, 9.17) is 0 Å². The normalized spacial score (nSPS) is 11.1. The summed E-state index contributed by atoms with van der Waals surface area (Å²) in [4.78, 5) is 13.2. The van der Waals surface area contributed by atoms with Crippen molar-refractivity contribution < 1.29 is 8.78 Å². The van der Waals surface area contributed by atoms with Crippen LogP contribution in [0.15, 0.2) is 52.3 Å². The Morgan fingerprint density at radius 1 is 1.04 bits per heavy atom. The number of fused-ring (bicyclic) bond motifs is 1. The van der Waals surface area contributed by atoms with E-state index in [2.05, 4.69) is 0 Å². The minimum atomic E-state index is -0.484. The second-order valence-electron chi connectivity index (χ2n) is 5.22. The lowest BCUT2D eigenvalue weighted by Gasteiger charge is -2.12. The molecule has 0 saturated carbocycles. The third kappa shape index (κ3) is 2.88. The number of aromatic nitrogens is 1. The lowest BCUT2D eigenvalue weighted by atomic mass is 10.00. The summed E-state index contributed by atoms with van der Waals surface area (Å²) in [5.74, 6) is 0.0295. The highest BCUT2D eigenvalue weighted by atomic mass is 32.2. The van der Waals surface area contributed by atoms with Crippen LogP contribution in [-0.4, -0.2) is 10.3 Å². The summed E-state index contributed by atoms with van der Waals surface area (Å²) in [5, 5.41) is 0.796. The van der Waals surface area contributed by atoms with Crippen LogP contribution in [0.4, 0.5) is 8.78 Å². The van der Waals surface area contributed by atoms with E-state index >= 15 is 0 Å². The van der Waals surface area contributed by atoms with Crippen molar-refractivity contribution in [2.75, 3.05) is 5.75 Å². The Balaban J connectivity index is 2.35. The number of nitrogens with zero attached hydrogens (tertiary/aromatic N) is 1. The van der Waals surface area contributed by atoms with E-state index in [0.717, 1.165) is 10.6 Å². The van der Waals surface area contributed by atoms with Gasteiger partial charge in [-0.1, -0.05) is 13.0 Å². The molecule has 23 heavy (non-hydrogen) atoms. The van der Waals surface area contributed by atoms with Crippen LogP contribution >= 0.6 is 11.8 Å². The predicted octanol–water partition coefficient (Wildman–Crippen LogP) is 4.60. The van der Waals surface area contributed by atoms with E-state index in [1.165, 1.54) is 28.8 Å². The predicted molar refractivity (Wildman–Crippen MR) is 90.9 cm³/mol. The summed E-state index contributed by atoms with van der Waals surface area (Å²) < 4.78 is 29.2. The van der Waals surface area contributed by atoms with Crippen molar-refractivity contribution in [3.63, 3.8) is 0 Å². The van der Waals surface area contributed by atoms with Crippen molar-refractivity contribution >= 4 is 22.5 Å². The van der Waals surface area contributed by atoms with Gasteiger partial charge in [-0.3, -0.25) is 4.79 Å². The molecule has 0 N–H and O–H groups in total. The number of hydrogen-bond donors (Lipinski definition) is 0. The van der Waals surface area contributed by atoms with Gasteiger partial charge in [-0.25, -0.2) is 8.78 Å². The standard InChI is InChI=1S/C18H15F2NOS/c1-3-23-12-5-7-17(20)14(9-12)16-10-21(2)18(22)15-8-11(19)4-6-13(15)16/h4-10H,3H2,1-2H3. The molecular weight excluding hydrogens is 316 g/mol. The van der Waals surface area contributed by atoms with Gasteiger partial charge in [-0.15, -0.1) is 11.8 Å². The van der Waals surface area contributed by atoms with Crippen molar-refractivity contribution in [2.45, 2.75) is 11.8 Å². The minimum absolute atomic E-state index is 0.248. The van der Waals surface area contributed by atoms with Gasteiger partial charge in [0.1, 0.15) is 11.6 Å². The Morgan fingerprint density at radius 2 is 1.83 bits per heavy atom. The van der Waals surface area contributed by atoms with Crippen LogP contribution in [0.3, 0.4) is 0 Å². The Bertz CT molecular complexity index is 950. The Labute approximate surface area is 136 Å². The molecule has 2 nitrogen and oxygen atoms in total. The average Bonchev–Trinajstić information content (AvgIpc) is 2.53. The van der Waals surface area contributed by atoms with Crippen LogP contribution in [0, 0.1) is 11.6 Å². The molecule has 118 valence electrons. The fraction of sp³-hybridized carbons (Fsp3) is 0.167. The summed E-state index contributed by atoms with van der Waals surface area (Å²) >= 11 is 1.61. The van der Waals surface area contributed by atoms with Crippen molar-refractivity contribution in [2.24, 2.45) is 7.05 Å². The van der Waals surface area contributed by atoms with Gasteiger partial charge in [0.25, 0.3) is 5.56 Å². The largest absolute Gasteiger partial charge is 0.317 e. The third-order valence-corrected chi connectivity index (χ3v) is 4.56. The average molecular weight is 331 g/mol. The summed E-state index contributed by atoms with van der Waals surface area (Å²) in [7, 11) is 1.58. The first-order valence-corrected chi connectivity index (χ1v) is 8.21. The fourth-order valence-electron chi connectivity index (χ4n) is 2.62. The lowest BCUT2D eigenvalue weighted by molar-refractivity contribution is 0.629. The van der Waals surface area contributed by atoms with Gasteiger partial charge in [-0.05, 0) is 41.5 Å². The Hall–Kier alpha value is -2.14. The lowest BCUT2D eigenvalue weighted by Crippen LogP contribution is -2.16. The second-order valence-corrected chi connectivity index (χ2v) is 6.56. The van der Waals surface area contributed by atoms with Crippen molar-refractivity contribution in [3.8, 4) is 11.1 Å². The summed E-state index contributed by atoms with van der Waals surface area (Å²) in [6.07, 6.45) is 1.60.